The van der Waals surface area contributed by atoms with Gasteiger partial charge in [0.15, 0.2) is 5.69 Å². The molecule has 0 saturated heterocycles. The zero-order valence-corrected chi connectivity index (χ0v) is 17.7. The van der Waals surface area contributed by atoms with Crippen LogP contribution in [0, 0.1) is 6.92 Å². The van der Waals surface area contributed by atoms with Gasteiger partial charge in [0.25, 0.3) is 0 Å². The minimum absolute atomic E-state index is 0.0717. The van der Waals surface area contributed by atoms with Crippen LogP contribution < -0.4 is 4.74 Å². The molecular formula is C21H17Cl2F3N2O3. The summed E-state index contributed by atoms with van der Waals surface area (Å²) in [6, 6.07) is 11.3. The molecule has 10 heteroatoms. The molecule has 0 amide bonds. The molecule has 0 aliphatic heterocycles. The van der Waals surface area contributed by atoms with Crippen LogP contribution in [-0.4, -0.2) is 33.4 Å². The van der Waals surface area contributed by atoms with Crippen molar-refractivity contribution in [2.45, 2.75) is 25.9 Å². The number of rotatable bonds is 7. The molecule has 0 aliphatic rings. The Labute approximate surface area is 186 Å². The number of nitrogens with zero attached hydrogens (tertiary/aromatic N) is 2. The third-order valence-electron chi connectivity index (χ3n) is 4.45. The summed E-state index contributed by atoms with van der Waals surface area (Å²) in [6.45, 7) is 1.54. The van der Waals surface area contributed by atoms with Gasteiger partial charge < -0.3 is 9.84 Å². The molecule has 0 radical (unpaired) electrons. The second-order valence-corrected chi connectivity index (χ2v) is 7.54. The van der Waals surface area contributed by atoms with Gasteiger partial charge in [-0.15, -0.1) is 0 Å². The number of benzene rings is 2. The van der Waals surface area contributed by atoms with Gasteiger partial charge in [-0.05, 0) is 55.8 Å². The van der Waals surface area contributed by atoms with Gasteiger partial charge in [0.05, 0.1) is 17.3 Å². The number of alkyl halides is 3. The molecule has 3 aromatic rings. The number of halogens is 5. The van der Waals surface area contributed by atoms with Gasteiger partial charge in [-0.2, -0.15) is 13.2 Å². The van der Waals surface area contributed by atoms with E-state index in [1.165, 1.54) is 6.07 Å². The third-order valence-corrected chi connectivity index (χ3v) is 5.00. The second kappa shape index (κ2) is 9.20. The molecule has 0 saturated carbocycles. The van der Waals surface area contributed by atoms with E-state index in [-0.39, 0.29) is 18.7 Å². The number of carboxylic acid groups (broad SMARTS) is 1. The molecule has 0 aliphatic carbocycles. The zero-order chi connectivity index (χ0) is 22.8. The zero-order valence-electron chi connectivity index (χ0n) is 16.2. The number of aromatic carboxylic acids is 1. The highest BCUT2D eigenvalue weighted by atomic mass is 35.5. The van der Waals surface area contributed by atoms with Crippen LogP contribution in [0.4, 0.5) is 13.2 Å². The Kier molecular flexibility index (Phi) is 6.81. The van der Waals surface area contributed by atoms with Gasteiger partial charge in [0, 0.05) is 22.7 Å². The standard InChI is InChI=1S/C21H17Cl2F3N2O3/c1-12-18(20(29)30)27-19(16-8-3-13(22)11-17(16)23)28(12)14-4-6-15(7-5-14)31-10-2-9-21(24,25)26/h3-8,11H,2,9-10H2,1H3,(H,29,30). The molecule has 31 heavy (non-hydrogen) atoms. The number of ether oxygens (including phenoxy) is 1. The molecule has 0 atom stereocenters. The lowest BCUT2D eigenvalue weighted by atomic mass is 10.2. The Morgan fingerprint density at radius 3 is 2.42 bits per heavy atom. The summed E-state index contributed by atoms with van der Waals surface area (Å²) < 4.78 is 43.7. The molecule has 1 N–H and O–H groups in total. The van der Waals surface area contributed by atoms with Gasteiger partial charge in [0.2, 0.25) is 0 Å². The summed E-state index contributed by atoms with van der Waals surface area (Å²) in [4.78, 5) is 15.9. The topological polar surface area (TPSA) is 64.3 Å². The van der Waals surface area contributed by atoms with Crippen molar-refractivity contribution in [1.82, 2.24) is 9.55 Å². The molecule has 1 aromatic heterocycles. The first kappa shape index (κ1) is 23.0. The lowest BCUT2D eigenvalue weighted by molar-refractivity contribution is -0.136. The summed E-state index contributed by atoms with van der Waals surface area (Å²) in [6.07, 6.45) is -5.27. The van der Waals surface area contributed by atoms with Crippen molar-refractivity contribution >= 4 is 29.2 Å². The van der Waals surface area contributed by atoms with Crippen molar-refractivity contribution in [2.75, 3.05) is 6.61 Å². The number of carboxylic acids is 1. The molecule has 0 bridgehead atoms. The molecule has 0 fully saturated rings. The van der Waals surface area contributed by atoms with Gasteiger partial charge in [0.1, 0.15) is 11.6 Å². The molecule has 0 unspecified atom stereocenters. The first-order valence-corrected chi connectivity index (χ1v) is 9.90. The average Bonchev–Trinajstić information content (AvgIpc) is 3.02. The first-order valence-electron chi connectivity index (χ1n) is 9.15. The van der Waals surface area contributed by atoms with E-state index in [4.69, 9.17) is 27.9 Å². The molecule has 164 valence electrons. The van der Waals surface area contributed by atoms with Gasteiger partial charge in [-0.3, -0.25) is 4.57 Å². The van der Waals surface area contributed by atoms with Crippen LogP contribution in [-0.2, 0) is 0 Å². The fourth-order valence-corrected chi connectivity index (χ4v) is 3.52. The van der Waals surface area contributed by atoms with E-state index in [0.29, 0.717) is 38.6 Å². The highest BCUT2D eigenvalue weighted by molar-refractivity contribution is 6.36. The van der Waals surface area contributed by atoms with Crippen molar-refractivity contribution in [2.24, 2.45) is 0 Å². The maximum Gasteiger partial charge on any atom is 0.389 e. The van der Waals surface area contributed by atoms with Crippen molar-refractivity contribution in [1.29, 1.82) is 0 Å². The van der Waals surface area contributed by atoms with E-state index < -0.39 is 18.6 Å². The molecule has 1 heterocycles. The largest absolute Gasteiger partial charge is 0.494 e. The number of imidazole rings is 1. The Bertz CT molecular complexity index is 1100. The van der Waals surface area contributed by atoms with Gasteiger partial charge in [-0.25, -0.2) is 9.78 Å². The van der Waals surface area contributed by atoms with Crippen LogP contribution >= 0.6 is 23.2 Å². The van der Waals surface area contributed by atoms with Crippen LogP contribution in [0.3, 0.4) is 0 Å². The normalized spacial score (nSPS) is 11.5. The summed E-state index contributed by atoms with van der Waals surface area (Å²) in [7, 11) is 0. The minimum atomic E-state index is -4.21. The van der Waals surface area contributed by atoms with E-state index in [9.17, 15) is 23.1 Å². The third kappa shape index (κ3) is 5.51. The summed E-state index contributed by atoms with van der Waals surface area (Å²) >= 11 is 12.3. The quantitative estimate of drug-likeness (QED) is 0.394. The molecule has 3 rings (SSSR count). The molecule has 2 aromatic carbocycles. The van der Waals surface area contributed by atoms with Crippen LogP contribution in [0.25, 0.3) is 17.1 Å². The second-order valence-electron chi connectivity index (χ2n) is 6.70. The Morgan fingerprint density at radius 1 is 1.16 bits per heavy atom. The predicted molar refractivity (Wildman–Crippen MR) is 112 cm³/mol. The summed E-state index contributed by atoms with van der Waals surface area (Å²) in [5, 5.41) is 10.2. The fourth-order valence-electron chi connectivity index (χ4n) is 3.03. The van der Waals surface area contributed by atoms with Crippen molar-refractivity contribution in [3.63, 3.8) is 0 Å². The Morgan fingerprint density at radius 2 is 1.84 bits per heavy atom. The van der Waals surface area contributed by atoms with E-state index in [2.05, 4.69) is 4.98 Å². The first-order chi connectivity index (χ1) is 14.6. The Balaban J connectivity index is 1.92. The fraction of sp³-hybridized carbons (Fsp3) is 0.238. The van der Waals surface area contributed by atoms with Crippen molar-refractivity contribution in [3.8, 4) is 22.8 Å². The van der Waals surface area contributed by atoms with E-state index >= 15 is 0 Å². The van der Waals surface area contributed by atoms with Crippen LogP contribution in [0.15, 0.2) is 42.5 Å². The van der Waals surface area contributed by atoms with Crippen molar-refractivity contribution in [3.05, 3.63) is 63.9 Å². The molecular weight excluding hydrogens is 456 g/mol. The van der Waals surface area contributed by atoms with E-state index in [1.807, 2.05) is 0 Å². The predicted octanol–water partition coefficient (Wildman–Crippen LogP) is 6.57. The maximum absolute atomic E-state index is 12.2. The highest BCUT2D eigenvalue weighted by Gasteiger charge is 2.26. The number of carbonyl (C=O) groups is 1. The molecule has 0 spiro atoms. The van der Waals surface area contributed by atoms with Crippen LogP contribution in [0.1, 0.15) is 29.0 Å². The van der Waals surface area contributed by atoms with Gasteiger partial charge >= 0.3 is 12.1 Å². The summed E-state index contributed by atoms with van der Waals surface area (Å²) in [5.41, 5.74) is 1.33. The smallest absolute Gasteiger partial charge is 0.389 e. The highest BCUT2D eigenvalue weighted by Crippen LogP contribution is 2.33. The lowest BCUT2D eigenvalue weighted by Crippen LogP contribution is -2.09. The van der Waals surface area contributed by atoms with E-state index in [0.717, 1.165) is 0 Å². The number of aromatic nitrogens is 2. The SMILES string of the molecule is Cc1c(C(=O)O)nc(-c2ccc(Cl)cc2Cl)n1-c1ccc(OCCCC(F)(F)F)cc1. The van der Waals surface area contributed by atoms with Gasteiger partial charge in [-0.1, -0.05) is 23.2 Å². The monoisotopic (exact) mass is 472 g/mol. The molecule has 5 nitrogen and oxygen atoms in total. The van der Waals surface area contributed by atoms with Crippen LogP contribution in [0.5, 0.6) is 5.75 Å². The Hall–Kier alpha value is -2.71. The number of hydrogen-bond donors (Lipinski definition) is 1. The van der Waals surface area contributed by atoms with E-state index in [1.54, 1.807) is 47.9 Å². The summed E-state index contributed by atoms with van der Waals surface area (Å²) in [5.74, 6) is -0.476. The van der Waals surface area contributed by atoms with Crippen LogP contribution in [0.2, 0.25) is 10.0 Å². The minimum Gasteiger partial charge on any atom is -0.494 e. The maximum atomic E-state index is 12.2. The average molecular weight is 473 g/mol. The number of hydrogen-bond acceptors (Lipinski definition) is 3. The van der Waals surface area contributed by atoms with Crippen molar-refractivity contribution < 1.29 is 27.8 Å². The lowest BCUT2D eigenvalue weighted by Gasteiger charge is -2.13.